The van der Waals surface area contributed by atoms with Gasteiger partial charge in [0.2, 0.25) is 11.7 Å². The normalized spacial score (nSPS) is 21.8. The van der Waals surface area contributed by atoms with Crippen LogP contribution in [0.15, 0.2) is 133 Å². The maximum absolute atomic E-state index is 15.5. The molecule has 0 bridgehead atoms. The van der Waals surface area contributed by atoms with Crippen molar-refractivity contribution in [3.63, 3.8) is 0 Å². The third-order valence-electron chi connectivity index (χ3n) is 15.3. The fraction of sp³-hybridized carbons (Fsp3) is 0.484. The van der Waals surface area contributed by atoms with Crippen molar-refractivity contribution in [1.29, 1.82) is 0 Å². The molecule has 71 heavy (non-hydrogen) atoms. The van der Waals surface area contributed by atoms with E-state index in [0.29, 0.717) is 50.3 Å². The van der Waals surface area contributed by atoms with Crippen LogP contribution in [0.5, 0.6) is 17.2 Å². The molecule has 1 amide bonds. The van der Waals surface area contributed by atoms with E-state index in [0.717, 1.165) is 94.7 Å². The molecule has 1 fully saturated rings. The van der Waals surface area contributed by atoms with Gasteiger partial charge in [0, 0.05) is 44.1 Å². The van der Waals surface area contributed by atoms with E-state index in [-0.39, 0.29) is 43.5 Å². The molecule has 2 N–H and O–H groups in total. The van der Waals surface area contributed by atoms with E-state index in [4.69, 9.17) is 24.2 Å². The van der Waals surface area contributed by atoms with Crippen LogP contribution in [0.4, 0.5) is 0 Å². The molecule has 1 aliphatic heterocycles. The number of hydrogen-bond acceptors (Lipinski definition) is 8. The number of oxime groups is 1. The minimum absolute atomic E-state index is 0.0675. The summed E-state index contributed by atoms with van der Waals surface area (Å²) in [6.45, 7) is 9.56. The lowest BCUT2D eigenvalue weighted by Gasteiger charge is -2.60. The summed E-state index contributed by atoms with van der Waals surface area (Å²) in [4.78, 5) is 23.6. The first-order valence-corrected chi connectivity index (χ1v) is 27.1. The molecule has 3 aliphatic rings. The van der Waals surface area contributed by atoms with Gasteiger partial charge in [-0.05, 0) is 114 Å². The maximum Gasteiger partial charge on any atom is 0.239 e. The lowest BCUT2D eigenvalue weighted by molar-refractivity contribution is -0.258. The third-order valence-corrected chi connectivity index (χ3v) is 15.3. The predicted octanol–water partition coefficient (Wildman–Crippen LogP) is 14.4. The first-order valence-electron chi connectivity index (χ1n) is 27.1. The monoisotopic (exact) mass is 963 g/mol. The lowest BCUT2D eigenvalue weighted by Crippen LogP contribution is -2.70. The topological polar surface area (TPSA) is 110 Å². The molecule has 0 radical (unpaired) electrons. The highest BCUT2D eigenvalue weighted by Gasteiger charge is 2.65. The van der Waals surface area contributed by atoms with Gasteiger partial charge in [-0.15, -0.1) is 6.58 Å². The van der Waals surface area contributed by atoms with Gasteiger partial charge < -0.3 is 34.2 Å². The van der Waals surface area contributed by atoms with Crippen molar-refractivity contribution in [3.05, 3.63) is 139 Å². The maximum atomic E-state index is 15.5. The first-order chi connectivity index (χ1) is 34.9. The molecule has 378 valence electrons. The zero-order valence-electron chi connectivity index (χ0n) is 42.4. The van der Waals surface area contributed by atoms with Gasteiger partial charge in [0.1, 0.15) is 29.9 Å². The van der Waals surface area contributed by atoms with Crippen LogP contribution in [-0.2, 0) is 20.9 Å². The summed E-state index contributed by atoms with van der Waals surface area (Å²) in [6, 6.07) is 34.8. The number of nitrogens with zero attached hydrogens (tertiary/aromatic N) is 2. The smallest absolute Gasteiger partial charge is 0.239 e. The van der Waals surface area contributed by atoms with E-state index < -0.39 is 17.7 Å². The van der Waals surface area contributed by atoms with Crippen LogP contribution < -0.4 is 9.47 Å². The number of carbonyl (C=O) groups excluding carboxylic acids is 1. The standard InChI is InChI=1S/C62H78N2O7/c1-4-7-8-9-10-11-12-13-14-32-59(67)64(44-49-29-23-28-46-25-17-18-30-52(46)49)58-43-56(63-69-6-3)54-41-48(27-19-21-37-65)53(31-20-22-38-66)60-55-42-51(70-50-34-33-45-24-15-16-26-47(45)40-50)35-36-57(55)71-62(58,61(54)60)68-39-5-2/h5,15-18,23-26,28-30,33-36,40-42,48,53,58,60-61,65-66H,2,4,6-14,19-22,27,31-32,37-39,43-44H2,1,3H3. The number of hydrogen-bond donors (Lipinski definition) is 2. The summed E-state index contributed by atoms with van der Waals surface area (Å²) in [5.74, 6) is 0.502. The lowest BCUT2D eigenvalue weighted by atomic mass is 9.55. The molecule has 0 aromatic heterocycles. The number of rotatable bonds is 28. The number of benzene rings is 5. The molecule has 0 spiro atoms. The second-order valence-corrected chi connectivity index (χ2v) is 20.0. The number of ether oxygens (including phenoxy) is 3. The van der Waals surface area contributed by atoms with Crippen LogP contribution in [0, 0.1) is 17.8 Å². The highest BCUT2D eigenvalue weighted by molar-refractivity contribution is 6.03. The Hall–Kier alpha value is -5.48. The minimum Gasteiger partial charge on any atom is -0.459 e. The molecule has 9 heteroatoms. The summed E-state index contributed by atoms with van der Waals surface area (Å²) in [5.41, 5.74) is 3.92. The van der Waals surface area contributed by atoms with Gasteiger partial charge in [-0.3, -0.25) is 4.79 Å². The number of carbonyl (C=O) groups is 1. The number of aliphatic hydroxyl groups is 2. The fourth-order valence-electron chi connectivity index (χ4n) is 11.9. The molecule has 1 saturated carbocycles. The largest absolute Gasteiger partial charge is 0.459 e. The van der Waals surface area contributed by atoms with Gasteiger partial charge in [0.15, 0.2) is 0 Å². The predicted molar refractivity (Wildman–Crippen MR) is 287 cm³/mol. The average Bonchev–Trinajstić information content (AvgIpc) is 3.39. The van der Waals surface area contributed by atoms with Gasteiger partial charge in [-0.25, -0.2) is 0 Å². The van der Waals surface area contributed by atoms with Gasteiger partial charge >= 0.3 is 0 Å². The zero-order valence-corrected chi connectivity index (χ0v) is 42.4. The Bertz CT molecular complexity index is 2580. The molecule has 0 saturated heterocycles. The number of unbranched alkanes of at least 4 members (excludes halogenated alkanes) is 10. The highest BCUT2D eigenvalue weighted by Crippen LogP contribution is 2.62. The number of amides is 1. The number of fused-ring (bicyclic) bond motifs is 4. The van der Waals surface area contributed by atoms with Crippen molar-refractivity contribution in [2.45, 2.75) is 147 Å². The number of allylic oxidation sites excluding steroid dienone is 1. The average molecular weight is 963 g/mol. The van der Waals surface area contributed by atoms with Crippen molar-refractivity contribution in [1.82, 2.24) is 4.90 Å². The van der Waals surface area contributed by atoms with Crippen molar-refractivity contribution in [2.75, 3.05) is 26.4 Å². The molecule has 1 heterocycles. The Morgan fingerprint density at radius 1 is 0.775 bits per heavy atom. The molecule has 8 rings (SSSR count). The van der Waals surface area contributed by atoms with E-state index in [9.17, 15) is 10.2 Å². The Kier molecular flexibility index (Phi) is 18.8. The van der Waals surface area contributed by atoms with E-state index in [1.165, 1.54) is 38.5 Å². The Morgan fingerprint density at radius 2 is 1.46 bits per heavy atom. The van der Waals surface area contributed by atoms with Crippen LogP contribution in [0.3, 0.4) is 0 Å². The van der Waals surface area contributed by atoms with Gasteiger partial charge in [-0.1, -0.05) is 161 Å². The van der Waals surface area contributed by atoms with Gasteiger partial charge in [0.25, 0.3) is 0 Å². The highest BCUT2D eigenvalue weighted by atomic mass is 16.7. The van der Waals surface area contributed by atoms with Crippen molar-refractivity contribution >= 4 is 33.2 Å². The number of aliphatic hydroxyl groups excluding tert-OH is 2. The summed E-state index contributed by atoms with van der Waals surface area (Å²) in [6.07, 6.45) is 20.2. The third kappa shape index (κ3) is 12.2. The summed E-state index contributed by atoms with van der Waals surface area (Å²) in [5, 5.41) is 29.6. The molecular weight excluding hydrogens is 885 g/mol. The molecule has 6 unspecified atom stereocenters. The van der Waals surface area contributed by atoms with Crippen LogP contribution in [-0.4, -0.2) is 65.0 Å². The Balaban J connectivity index is 1.27. The van der Waals surface area contributed by atoms with E-state index in [1.807, 2.05) is 37.3 Å². The molecular formula is C62H78N2O7. The SMILES string of the molecule is C=CCOC12Oc3ccc(Oc4ccc5ccccc5c4)cc3C3C(CCCCO)C(CCCCO)C=C(C(=NOCC)CC1N(Cc1cccc4ccccc14)C(=O)CCCCCCCCCCC)C32. The van der Waals surface area contributed by atoms with Crippen LogP contribution in [0.25, 0.3) is 21.5 Å². The second kappa shape index (κ2) is 25.8. The van der Waals surface area contributed by atoms with Crippen LogP contribution in [0.2, 0.25) is 0 Å². The van der Waals surface area contributed by atoms with E-state index in [1.54, 1.807) is 6.08 Å². The van der Waals surface area contributed by atoms with E-state index in [2.05, 4.69) is 97.3 Å². The summed E-state index contributed by atoms with van der Waals surface area (Å²) >= 11 is 0. The Morgan fingerprint density at radius 3 is 2.23 bits per heavy atom. The Labute approximate surface area is 422 Å². The quantitative estimate of drug-likeness (QED) is 0.0292. The van der Waals surface area contributed by atoms with Crippen molar-refractivity contribution in [3.8, 4) is 17.2 Å². The van der Waals surface area contributed by atoms with E-state index >= 15 is 4.79 Å². The van der Waals surface area contributed by atoms with Gasteiger partial charge in [0.05, 0.1) is 18.2 Å². The summed E-state index contributed by atoms with van der Waals surface area (Å²) in [7, 11) is 0. The van der Waals surface area contributed by atoms with Crippen LogP contribution in [0.1, 0.15) is 140 Å². The van der Waals surface area contributed by atoms with Crippen LogP contribution >= 0.6 is 0 Å². The fourth-order valence-corrected chi connectivity index (χ4v) is 11.9. The van der Waals surface area contributed by atoms with Gasteiger partial charge in [-0.2, -0.15) is 0 Å². The molecule has 2 aliphatic carbocycles. The molecule has 9 nitrogen and oxygen atoms in total. The second-order valence-electron chi connectivity index (χ2n) is 20.0. The summed E-state index contributed by atoms with van der Waals surface area (Å²) < 4.78 is 21.7. The van der Waals surface area contributed by atoms with Crippen molar-refractivity contribution in [2.24, 2.45) is 22.9 Å². The van der Waals surface area contributed by atoms with Crippen molar-refractivity contribution < 1.29 is 34.1 Å². The first kappa shape index (κ1) is 51.9. The molecule has 6 atom stereocenters. The zero-order chi connectivity index (χ0) is 49.4. The molecule has 5 aromatic rings. The molecule has 5 aromatic carbocycles. The minimum atomic E-state index is -1.35.